The fourth-order valence-corrected chi connectivity index (χ4v) is 0.734. The highest BCUT2D eigenvalue weighted by Crippen LogP contribution is 2.02. The lowest BCUT2D eigenvalue weighted by molar-refractivity contribution is -0.137. The summed E-state index contributed by atoms with van der Waals surface area (Å²) in [6.07, 6.45) is 1.88. The molecule has 0 radical (unpaired) electrons. The van der Waals surface area contributed by atoms with Gasteiger partial charge in [0, 0.05) is 17.1 Å². The topological polar surface area (TPSA) is 26.3 Å². The molecular formula is C7H12O2S2. The summed E-state index contributed by atoms with van der Waals surface area (Å²) in [6, 6.07) is 0. The van der Waals surface area contributed by atoms with Crippen molar-refractivity contribution in [2.75, 3.05) is 12.4 Å². The van der Waals surface area contributed by atoms with E-state index in [1.807, 2.05) is 0 Å². The molecule has 0 rings (SSSR count). The van der Waals surface area contributed by atoms with Crippen LogP contribution in [0.25, 0.3) is 0 Å². The molecule has 0 aliphatic heterocycles. The Morgan fingerprint density at radius 2 is 2.36 bits per heavy atom. The fourth-order valence-electron chi connectivity index (χ4n) is 0.446. The largest absolute Gasteiger partial charge is 0.463 e. The standard InChI is InChI=1S/C7H12O2S2/c1-2-7(8)9-4-3-6(11)5-10/h2,6,10-11H,1,3-5H2. The van der Waals surface area contributed by atoms with Gasteiger partial charge in [-0.3, -0.25) is 0 Å². The van der Waals surface area contributed by atoms with E-state index in [-0.39, 0.29) is 11.2 Å². The highest BCUT2D eigenvalue weighted by molar-refractivity contribution is 7.84. The molecule has 0 N–H and O–H groups in total. The number of ether oxygens (including phenoxy) is 1. The molecule has 0 aromatic heterocycles. The van der Waals surface area contributed by atoms with Crippen molar-refractivity contribution in [1.29, 1.82) is 0 Å². The Bertz CT molecular complexity index is 136. The Balaban J connectivity index is 3.26. The maximum absolute atomic E-state index is 10.5. The molecule has 0 heterocycles. The van der Waals surface area contributed by atoms with E-state index in [0.29, 0.717) is 12.4 Å². The van der Waals surface area contributed by atoms with Crippen LogP contribution in [-0.4, -0.2) is 23.6 Å². The highest BCUT2D eigenvalue weighted by atomic mass is 32.1. The van der Waals surface area contributed by atoms with Gasteiger partial charge in [0.15, 0.2) is 0 Å². The minimum absolute atomic E-state index is 0.191. The van der Waals surface area contributed by atoms with Gasteiger partial charge in [-0.1, -0.05) is 6.58 Å². The Hall–Kier alpha value is -0.0900. The number of hydrogen-bond acceptors (Lipinski definition) is 4. The molecule has 11 heavy (non-hydrogen) atoms. The van der Waals surface area contributed by atoms with Crippen molar-refractivity contribution in [3.05, 3.63) is 12.7 Å². The zero-order chi connectivity index (χ0) is 8.69. The summed E-state index contributed by atoms with van der Waals surface area (Å²) in [4.78, 5) is 10.5. The lowest BCUT2D eigenvalue weighted by atomic mass is 10.3. The minimum Gasteiger partial charge on any atom is -0.463 e. The number of esters is 1. The number of thiol groups is 2. The van der Waals surface area contributed by atoms with Crippen LogP contribution in [0.4, 0.5) is 0 Å². The summed E-state index contributed by atoms with van der Waals surface area (Å²) in [6.45, 7) is 3.66. The number of hydrogen-bond donors (Lipinski definition) is 2. The SMILES string of the molecule is C=CC(=O)OCCC(S)CS. The molecule has 0 amide bonds. The molecule has 0 aliphatic carbocycles. The second-order valence-electron chi connectivity index (χ2n) is 2.00. The zero-order valence-electron chi connectivity index (χ0n) is 6.19. The number of carbonyl (C=O) groups excluding carboxylic acids is 1. The molecule has 0 aliphatic rings. The first-order valence-corrected chi connectivity index (χ1v) is 4.43. The summed E-state index contributed by atoms with van der Waals surface area (Å²) in [5.41, 5.74) is 0. The van der Waals surface area contributed by atoms with Crippen molar-refractivity contribution in [3.8, 4) is 0 Å². The van der Waals surface area contributed by atoms with E-state index in [0.717, 1.165) is 12.5 Å². The van der Waals surface area contributed by atoms with Crippen LogP contribution < -0.4 is 0 Å². The average Bonchev–Trinajstić information content (AvgIpc) is 2.04. The Morgan fingerprint density at radius 1 is 1.73 bits per heavy atom. The fraction of sp³-hybridized carbons (Fsp3) is 0.571. The van der Waals surface area contributed by atoms with E-state index in [1.54, 1.807) is 0 Å². The molecule has 4 heteroatoms. The predicted octanol–water partition coefficient (Wildman–Crippen LogP) is 1.33. The van der Waals surface area contributed by atoms with Gasteiger partial charge in [0.1, 0.15) is 0 Å². The Kier molecular flexibility index (Phi) is 6.56. The van der Waals surface area contributed by atoms with Gasteiger partial charge in [0.2, 0.25) is 0 Å². The first-order valence-electron chi connectivity index (χ1n) is 3.28. The van der Waals surface area contributed by atoms with Crippen molar-refractivity contribution in [3.63, 3.8) is 0 Å². The predicted molar refractivity (Wildman–Crippen MR) is 52.4 cm³/mol. The van der Waals surface area contributed by atoms with Gasteiger partial charge in [-0.2, -0.15) is 25.3 Å². The van der Waals surface area contributed by atoms with Crippen molar-refractivity contribution in [1.82, 2.24) is 0 Å². The summed E-state index contributed by atoms with van der Waals surface area (Å²) in [5, 5.41) is 0.191. The molecule has 0 aromatic rings. The first-order chi connectivity index (χ1) is 5.20. The van der Waals surface area contributed by atoms with Crippen LogP contribution in [0.2, 0.25) is 0 Å². The van der Waals surface area contributed by atoms with E-state index >= 15 is 0 Å². The zero-order valence-corrected chi connectivity index (χ0v) is 7.98. The van der Waals surface area contributed by atoms with Crippen molar-refractivity contribution in [2.24, 2.45) is 0 Å². The third-order valence-electron chi connectivity index (χ3n) is 1.07. The van der Waals surface area contributed by atoms with Crippen molar-refractivity contribution < 1.29 is 9.53 Å². The van der Waals surface area contributed by atoms with Gasteiger partial charge in [-0.05, 0) is 6.42 Å². The summed E-state index contributed by atoms with van der Waals surface area (Å²) >= 11 is 8.19. The van der Waals surface area contributed by atoms with E-state index < -0.39 is 0 Å². The van der Waals surface area contributed by atoms with E-state index in [4.69, 9.17) is 4.74 Å². The van der Waals surface area contributed by atoms with Crippen LogP contribution >= 0.6 is 25.3 Å². The van der Waals surface area contributed by atoms with Crippen molar-refractivity contribution >= 4 is 31.2 Å². The average molecular weight is 192 g/mol. The summed E-state index contributed by atoms with van der Waals surface area (Å²) in [5.74, 6) is 0.305. The molecule has 64 valence electrons. The third kappa shape index (κ3) is 6.31. The van der Waals surface area contributed by atoms with E-state index in [2.05, 4.69) is 31.8 Å². The maximum atomic E-state index is 10.5. The second-order valence-corrected chi connectivity index (χ2v) is 3.09. The van der Waals surface area contributed by atoms with Gasteiger partial charge in [0.05, 0.1) is 6.61 Å². The summed E-state index contributed by atoms with van der Waals surface area (Å²) in [7, 11) is 0. The number of carbonyl (C=O) groups is 1. The lowest BCUT2D eigenvalue weighted by Gasteiger charge is -2.05. The van der Waals surface area contributed by atoms with Crippen molar-refractivity contribution in [2.45, 2.75) is 11.7 Å². The van der Waals surface area contributed by atoms with E-state index in [1.165, 1.54) is 0 Å². The van der Waals surface area contributed by atoms with Crippen LogP contribution in [0, 0.1) is 0 Å². The van der Waals surface area contributed by atoms with Crippen LogP contribution in [0.15, 0.2) is 12.7 Å². The molecule has 0 aromatic carbocycles. The van der Waals surface area contributed by atoms with Gasteiger partial charge < -0.3 is 4.74 Å². The quantitative estimate of drug-likeness (QED) is 0.390. The molecular weight excluding hydrogens is 180 g/mol. The highest BCUT2D eigenvalue weighted by Gasteiger charge is 2.01. The minimum atomic E-state index is -0.385. The van der Waals surface area contributed by atoms with Crippen LogP contribution in [0.3, 0.4) is 0 Å². The molecule has 1 unspecified atom stereocenters. The van der Waals surface area contributed by atoms with Gasteiger partial charge in [-0.15, -0.1) is 0 Å². The Morgan fingerprint density at radius 3 is 2.82 bits per heavy atom. The molecule has 0 saturated heterocycles. The normalized spacial score (nSPS) is 12.2. The van der Waals surface area contributed by atoms with Gasteiger partial charge >= 0.3 is 5.97 Å². The third-order valence-corrected chi connectivity index (χ3v) is 2.24. The second kappa shape index (κ2) is 6.61. The smallest absolute Gasteiger partial charge is 0.330 e. The van der Waals surface area contributed by atoms with Gasteiger partial charge in [0.25, 0.3) is 0 Å². The molecule has 0 bridgehead atoms. The van der Waals surface area contributed by atoms with Crippen LogP contribution in [-0.2, 0) is 9.53 Å². The Labute approximate surface area is 77.8 Å². The molecule has 2 nitrogen and oxygen atoms in total. The van der Waals surface area contributed by atoms with Crippen LogP contribution in [0.5, 0.6) is 0 Å². The maximum Gasteiger partial charge on any atom is 0.330 e. The first kappa shape index (κ1) is 10.9. The lowest BCUT2D eigenvalue weighted by Crippen LogP contribution is -2.08. The summed E-state index contributed by atoms with van der Waals surface area (Å²) < 4.78 is 4.72. The monoisotopic (exact) mass is 192 g/mol. The van der Waals surface area contributed by atoms with E-state index in [9.17, 15) is 4.79 Å². The molecule has 0 spiro atoms. The number of rotatable bonds is 5. The molecule has 1 atom stereocenters. The van der Waals surface area contributed by atoms with Crippen LogP contribution in [0.1, 0.15) is 6.42 Å². The van der Waals surface area contributed by atoms with Gasteiger partial charge in [-0.25, -0.2) is 4.79 Å². The molecule has 0 fully saturated rings. The molecule has 0 saturated carbocycles.